The number of carbonyl (C=O) groups excluding carboxylic acids is 2. The maximum Gasteiger partial charge on any atom is 0.335 e. The van der Waals surface area contributed by atoms with Gasteiger partial charge in [0.15, 0.2) is 0 Å². The topological polar surface area (TPSA) is 52.6 Å². The molecule has 0 aliphatic heterocycles. The summed E-state index contributed by atoms with van der Waals surface area (Å²) in [6, 6.07) is 7.21. The van der Waals surface area contributed by atoms with Crippen molar-refractivity contribution < 1.29 is 23.5 Å². The van der Waals surface area contributed by atoms with Crippen LogP contribution < -0.4 is 4.74 Å². The summed E-state index contributed by atoms with van der Waals surface area (Å²) in [6.45, 7) is 8.79. The number of fused-ring (bicyclic) bond motifs is 3. The van der Waals surface area contributed by atoms with E-state index in [4.69, 9.17) is 9.47 Å². The Kier molecular flexibility index (Phi) is 5.90. The van der Waals surface area contributed by atoms with Crippen molar-refractivity contribution in [2.75, 3.05) is 6.61 Å². The summed E-state index contributed by atoms with van der Waals surface area (Å²) in [4.78, 5) is 22.6. The molecule has 0 unspecified atom stereocenters. The molecular formula is C22H19FO4S. The highest BCUT2D eigenvalue weighted by Gasteiger charge is 2.16. The van der Waals surface area contributed by atoms with E-state index < -0.39 is 11.9 Å². The van der Waals surface area contributed by atoms with E-state index in [1.54, 1.807) is 12.1 Å². The Labute approximate surface area is 165 Å². The lowest BCUT2D eigenvalue weighted by Gasteiger charge is -2.06. The molecule has 0 fully saturated rings. The average Bonchev–Trinajstić information content (AvgIpc) is 3.08. The molecule has 0 atom stereocenters. The quantitative estimate of drug-likeness (QED) is 0.236. The first-order chi connectivity index (χ1) is 13.5. The van der Waals surface area contributed by atoms with Crippen molar-refractivity contribution in [3.05, 3.63) is 66.5 Å². The van der Waals surface area contributed by atoms with Crippen LogP contribution in [0.1, 0.15) is 17.5 Å². The number of thiophene rings is 1. The van der Waals surface area contributed by atoms with E-state index in [2.05, 4.69) is 13.2 Å². The van der Waals surface area contributed by atoms with Gasteiger partial charge in [-0.3, -0.25) is 0 Å². The second kappa shape index (κ2) is 8.35. The standard InChI is InChI=1S/C22H19FO4S/c1-4-18(24)26-12-6-7-14-8-9-16-15-10-11-17(27-19(25)5-2)13(3)21(15)28-22(16)20(14)23/h4-5,8-11H,1-2,6-7,12H2,3H3. The molecule has 3 rings (SSSR count). The predicted molar refractivity (Wildman–Crippen MR) is 109 cm³/mol. The van der Waals surface area contributed by atoms with Gasteiger partial charge in [-0.1, -0.05) is 25.3 Å². The number of hydrogen-bond donors (Lipinski definition) is 0. The number of aryl methyl sites for hydroxylation is 2. The molecule has 0 saturated heterocycles. The van der Waals surface area contributed by atoms with Crippen LogP contribution in [0.2, 0.25) is 0 Å². The minimum absolute atomic E-state index is 0.214. The van der Waals surface area contributed by atoms with Crippen LogP contribution in [0.5, 0.6) is 5.75 Å². The van der Waals surface area contributed by atoms with Crippen LogP contribution in [0.4, 0.5) is 4.39 Å². The lowest BCUT2D eigenvalue weighted by atomic mass is 10.0. The van der Waals surface area contributed by atoms with Crippen LogP contribution in [-0.2, 0) is 20.7 Å². The molecule has 0 saturated carbocycles. The molecule has 0 N–H and O–H groups in total. The van der Waals surface area contributed by atoms with Gasteiger partial charge in [0.1, 0.15) is 11.6 Å². The van der Waals surface area contributed by atoms with Crippen LogP contribution in [0.3, 0.4) is 0 Å². The third kappa shape index (κ3) is 3.82. The smallest absolute Gasteiger partial charge is 0.335 e. The molecule has 144 valence electrons. The average molecular weight is 398 g/mol. The van der Waals surface area contributed by atoms with Crippen LogP contribution in [0, 0.1) is 12.7 Å². The number of rotatable bonds is 7. The summed E-state index contributed by atoms with van der Waals surface area (Å²) < 4.78 is 26.7. The Morgan fingerprint density at radius 3 is 2.46 bits per heavy atom. The third-order valence-corrected chi connectivity index (χ3v) is 5.74. The van der Waals surface area contributed by atoms with Crippen LogP contribution >= 0.6 is 11.3 Å². The molecule has 3 aromatic rings. The third-order valence-electron chi connectivity index (χ3n) is 4.41. The molecule has 28 heavy (non-hydrogen) atoms. The van der Waals surface area contributed by atoms with Gasteiger partial charge < -0.3 is 9.47 Å². The van der Waals surface area contributed by atoms with Gasteiger partial charge in [0, 0.05) is 33.2 Å². The first kappa shape index (κ1) is 19.8. The molecule has 2 aromatic carbocycles. The Balaban J connectivity index is 1.91. The van der Waals surface area contributed by atoms with Crippen molar-refractivity contribution >= 4 is 43.4 Å². The monoisotopic (exact) mass is 398 g/mol. The van der Waals surface area contributed by atoms with Crippen molar-refractivity contribution in [1.29, 1.82) is 0 Å². The number of carbonyl (C=O) groups is 2. The van der Waals surface area contributed by atoms with Crippen LogP contribution in [0.15, 0.2) is 49.6 Å². The Morgan fingerprint density at radius 2 is 1.75 bits per heavy atom. The number of benzene rings is 2. The highest BCUT2D eigenvalue weighted by molar-refractivity contribution is 7.26. The molecule has 1 heterocycles. The number of halogens is 1. The lowest BCUT2D eigenvalue weighted by molar-refractivity contribution is -0.137. The molecule has 1 aromatic heterocycles. The Morgan fingerprint density at radius 1 is 1.07 bits per heavy atom. The van der Waals surface area contributed by atoms with Crippen molar-refractivity contribution in [3.63, 3.8) is 0 Å². The fraction of sp³-hybridized carbons (Fsp3) is 0.182. The van der Waals surface area contributed by atoms with Crippen molar-refractivity contribution in [3.8, 4) is 5.75 Å². The van der Waals surface area contributed by atoms with Gasteiger partial charge in [-0.05, 0) is 37.5 Å². The Bertz CT molecular complexity index is 1100. The normalized spacial score (nSPS) is 10.8. The van der Waals surface area contributed by atoms with Crippen molar-refractivity contribution in [2.45, 2.75) is 19.8 Å². The van der Waals surface area contributed by atoms with E-state index in [1.807, 2.05) is 19.1 Å². The molecule has 6 heteroatoms. The number of ether oxygens (including phenoxy) is 2. The summed E-state index contributed by atoms with van der Waals surface area (Å²) >= 11 is 1.33. The van der Waals surface area contributed by atoms with E-state index >= 15 is 4.39 Å². The second-order valence-electron chi connectivity index (χ2n) is 6.18. The molecule has 0 spiro atoms. The lowest BCUT2D eigenvalue weighted by Crippen LogP contribution is -2.04. The SMILES string of the molecule is C=CC(=O)OCCCc1ccc2c(sc3c(C)c(OC(=O)C=C)ccc32)c1F. The van der Waals surface area contributed by atoms with Crippen molar-refractivity contribution in [1.82, 2.24) is 0 Å². The van der Waals surface area contributed by atoms with Gasteiger partial charge in [0.25, 0.3) is 0 Å². The zero-order valence-electron chi connectivity index (χ0n) is 15.4. The van der Waals surface area contributed by atoms with Gasteiger partial charge in [0.05, 0.1) is 11.3 Å². The maximum absolute atomic E-state index is 15.0. The molecule has 0 radical (unpaired) electrons. The van der Waals surface area contributed by atoms with Gasteiger partial charge in [-0.2, -0.15) is 0 Å². The number of esters is 2. The largest absolute Gasteiger partial charge is 0.463 e. The Hall–Kier alpha value is -2.99. The summed E-state index contributed by atoms with van der Waals surface area (Å²) in [5.74, 6) is -0.843. The molecule has 0 bridgehead atoms. The zero-order chi connectivity index (χ0) is 20.3. The van der Waals surface area contributed by atoms with Crippen LogP contribution in [-0.4, -0.2) is 18.5 Å². The van der Waals surface area contributed by atoms with Gasteiger partial charge in [0.2, 0.25) is 0 Å². The first-order valence-corrected chi connectivity index (χ1v) is 9.54. The molecule has 0 amide bonds. The number of hydrogen-bond acceptors (Lipinski definition) is 5. The maximum atomic E-state index is 15.0. The van der Waals surface area contributed by atoms with E-state index in [9.17, 15) is 9.59 Å². The summed E-state index contributed by atoms with van der Waals surface area (Å²) in [5, 5.41) is 1.74. The van der Waals surface area contributed by atoms with E-state index in [0.29, 0.717) is 28.9 Å². The van der Waals surface area contributed by atoms with E-state index in [1.165, 1.54) is 11.3 Å². The summed E-state index contributed by atoms with van der Waals surface area (Å²) in [5.41, 5.74) is 1.36. The summed E-state index contributed by atoms with van der Waals surface area (Å²) in [6.07, 6.45) is 3.19. The highest BCUT2D eigenvalue weighted by atomic mass is 32.1. The predicted octanol–water partition coefficient (Wildman–Crippen LogP) is 5.26. The van der Waals surface area contributed by atoms with E-state index in [-0.39, 0.29) is 12.4 Å². The first-order valence-electron chi connectivity index (χ1n) is 8.73. The van der Waals surface area contributed by atoms with Gasteiger partial charge in [-0.15, -0.1) is 11.3 Å². The van der Waals surface area contributed by atoms with Crippen molar-refractivity contribution in [2.24, 2.45) is 0 Å². The van der Waals surface area contributed by atoms with Gasteiger partial charge in [-0.25, -0.2) is 14.0 Å². The minimum atomic E-state index is -0.533. The molecule has 4 nitrogen and oxygen atoms in total. The zero-order valence-corrected chi connectivity index (χ0v) is 16.2. The second-order valence-corrected chi connectivity index (χ2v) is 7.20. The molecule has 0 aliphatic carbocycles. The van der Waals surface area contributed by atoms with Crippen LogP contribution in [0.25, 0.3) is 20.2 Å². The summed E-state index contributed by atoms with van der Waals surface area (Å²) in [7, 11) is 0. The highest BCUT2D eigenvalue weighted by Crippen LogP contribution is 2.41. The minimum Gasteiger partial charge on any atom is -0.463 e. The molecular weight excluding hydrogens is 379 g/mol. The van der Waals surface area contributed by atoms with E-state index in [0.717, 1.165) is 33.2 Å². The fourth-order valence-corrected chi connectivity index (χ4v) is 4.23. The van der Waals surface area contributed by atoms with Gasteiger partial charge >= 0.3 is 11.9 Å². The fourth-order valence-electron chi connectivity index (χ4n) is 2.98. The molecule has 0 aliphatic rings.